The SMILES string of the molecule is COC(=O)c1cc(OC)c2c(I)c(-c3ccc(OC)cc3)oc2c1. The number of hydrogen-bond donors (Lipinski definition) is 0. The molecule has 5 nitrogen and oxygen atoms in total. The normalized spacial score (nSPS) is 10.7. The molecule has 3 aromatic rings. The van der Waals surface area contributed by atoms with Gasteiger partial charge in [-0.25, -0.2) is 4.79 Å². The Kier molecular flexibility index (Phi) is 4.66. The van der Waals surface area contributed by atoms with Crippen molar-refractivity contribution >= 4 is 39.5 Å². The maximum atomic E-state index is 11.8. The van der Waals surface area contributed by atoms with Gasteiger partial charge in [-0.15, -0.1) is 0 Å². The van der Waals surface area contributed by atoms with Crippen LogP contribution in [0.4, 0.5) is 0 Å². The zero-order valence-electron chi connectivity index (χ0n) is 13.4. The van der Waals surface area contributed by atoms with Crippen LogP contribution < -0.4 is 9.47 Å². The maximum absolute atomic E-state index is 11.8. The van der Waals surface area contributed by atoms with Gasteiger partial charge in [0.25, 0.3) is 0 Å². The number of methoxy groups -OCH3 is 3. The summed E-state index contributed by atoms with van der Waals surface area (Å²) >= 11 is 2.22. The summed E-state index contributed by atoms with van der Waals surface area (Å²) in [6.07, 6.45) is 0. The minimum Gasteiger partial charge on any atom is -0.497 e. The van der Waals surface area contributed by atoms with E-state index in [0.29, 0.717) is 22.7 Å². The van der Waals surface area contributed by atoms with Crippen LogP contribution in [0.1, 0.15) is 10.4 Å². The highest BCUT2D eigenvalue weighted by Gasteiger charge is 2.20. The molecule has 2 aromatic carbocycles. The molecule has 0 saturated heterocycles. The van der Waals surface area contributed by atoms with Crippen molar-refractivity contribution in [1.29, 1.82) is 0 Å². The summed E-state index contributed by atoms with van der Waals surface area (Å²) in [5.41, 5.74) is 1.87. The monoisotopic (exact) mass is 438 g/mol. The second-order valence-electron chi connectivity index (χ2n) is 5.02. The quantitative estimate of drug-likeness (QED) is 0.443. The van der Waals surface area contributed by atoms with Gasteiger partial charge >= 0.3 is 5.97 Å². The number of furan rings is 1. The Bertz CT molecular complexity index is 896. The summed E-state index contributed by atoms with van der Waals surface area (Å²) < 4.78 is 22.3. The van der Waals surface area contributed by atoms with Crippen LogP contribution >= 0.6 is 22.6 Å². The number of hydrogen-bond acceptors (Lipinski definition) is 5. The third-order valence-corrected chi connectivity index (χ3v) is 4.72. The maximum Gasteiger partial charge on any atom is 0.338 e. The molecule has 1 aromatic heterocycles. The van der Waals surface area contributed by atoms with Gasteiger partial charge in [0.15, 0.2) is 0 Å². The Labute approximate surface area is 152 Å². The average Bonchev–Trinajstić information content (AvgIpc) is 2.97. The molecule has 0 aliphatic heterocycles. The lowest BCUT2D eigenvalue weighted by atomic mass is 10.1. The van der Waals surface area contributed by atoms with Crippen LogP contribution in [0.3, 0.4) is 0 Å². The lowest BCUT2D eigenvalue weighted by molar-refractivity contribution is 0.0600. The largest absolute Gasteiger partial charge is 0.497 e. The Morgan fingerprint density at radius 2 is 1.75 bits per heavy atom. The van der Waals surface area contributed by atoms with Crippen molar-refractivity contribution in [2.45, 2.75) is 0 Å². The van der Waals surface area contributed by atoms with E-state index < -0.39 is 5.97 Å². The molecule has 0 aliphatic rings. The van der Waals surface area contributed by atoms with Gasteiger partial charge in [-0.3, -0.25) is 0 Å². The van der Waals surface area contributed by atoms with Gasteiger partial charge in [-0.05, 0) is 59.0 Å². The molecule has 0 bridgehead atoms. The molecule has 1 heterocycles. The van der Waals surface area contributed by atoms with E-state index in [-0.39, 0.29) is 0 Å². The summed E-state index contributed by atoms with van der Waals surface area (Å²) in [6.45, 7) is 0. The van der Waals surface area contributed by atoms with Crippen molar-refractivity contribution in [3.05, 3.63) is 45.5 Å². The molecule has 0 spiro atoms. The lowest BCUT2D eigenvalue weighted by Gasteiger charge is -2.04. The molecule has 24 heavy (non-hydrogen) atoms. The predicted molar refractivity (Wildman–Crippen MR) is 98.8 cm³/mol. The molecular weight excluding hydrogens is 423 g/mol. The number of carbonyl (C=O) groups is 1. The summed E-state index contributed by atoms with van der Waals surface area (Å²) in [5.74, 6) is 1.62. The third kappa shape index (κ3) is 2.82. The molecule has 0 amide bonds. The van der Waals surface area contributed by atoms with Crippen molar-refractivity contribution < 1.29 is 23.4 Å². The standard InChI is InChI=1S/C18H15IO5/c1-21-12-6-4-10(5-7-12)17-16(19)15-13(22-2)8-11(18(20)23-3)9-14(15)24-17/h4-9H,1-3H3. The van der Waals surface area contributed by atoms with Crippen molar-refractivity contribution in [3.8, 4) is 22.8 Å². The fourth-order valence-corrected chi connectivity index (χ4v) is 3.43. The van der Waals surface area contributed by atoms with Crippen molar-refractivity contribution in [2.75, 3.05) is 21.3 Å². The van der Waals surface area contributed by atoms with E-state index in [0.717, 1.165) is 20.3 Å². The van der Waals surface area contributed by atoms with Crippen LogP contribution in [0.5, 0.6) is 11.5 Å². The summed E-state index contributed by atoms with van der Waals surface area (Å²) in [6, 6.07) is 10.9. The van der Waals surface area contributed by atoms with E-state index in [1.165, 1.54) is 7.11 Å². The van der Waals surface area contributed by atoms with E-state index >= 15 is 0 Å². The number of carbonyl (C=O) groups excluding carboxylic acids is 1. The molecule has 0 aliphatic carbocycles. The van der Waals surface area contributed by atoms with Gasteiger partial charge in [-0.1, -0.05) is 0 Å². The molecule has 0 atom stereocenters. The number of rotatable bonds is 4. The van der Waals surface area contributed by atoms with E-state index in [1.54, 1.807) is 26.4 Å². The van der Waals surface area contributed by atoms with Crippen LogP contribution in [0.25, 0.3) is 22.3 Å². The number of benzene rings is 2. The van der Waals surface area contributed by atoms with Gasteiger partial charge in [-0.2, -0.15) is 0 Å². The average molecular weight is 438 g/mol. The van der Waals surface area contributed by atoms with Crippen LogP contribution in [-0.4, -0.2) is 27.3 Å². The first-order chi connectivity index (χ1) is 11.6. The van der Waals surface area contributed by atoms with E-state index in [9.17, 15) is 4.79 Å². The van der Waals surface area contributed by atoms with Gasteiger partial charge in [0.05, 0.1) is 35.8 Å². The zero-order chi connectivity index (χ0) is 17.3. The molecule has 3 rings (SSSR count). The van der Waals surface area contributed by atoms with Crippen LogP contribution in [0.2, 0.25) is 0 Å². The minimum atomic E-state index is -0.437. The molecule has 124 valence electrons. The van der Waals surface area contributed by atoms with E-state index in [2.05, 4.69) is 22.6 Å². The minimum absolute atomic E-state index is 0.383. The Morgan fingerprint density at radius 3 is 2.33 bits per heavy atom. The van der Waals surface area contributed by atoms with Crippen molar-refractivity contribution in [1.82, 2.24) is 0 Å². The summed E-state index contributed by atoms with van der Waals surface area (Å²) in [4.78, 5) is 11.8. The van der Waals surface area contributed by atoms with Crippen LogP contribution in [0, 0.1) is 3.57 Å². The molecular formula is C18H15IO5. The lowest BCUT2D eigenvalue weighted by Crippen LogP contribution is -2.01. The molecule has 6 heteroatoms. The second-order valence-corrected chi connectivity index (χ2v) is 6.10. The molecule has 0 radical (unpaired) electrons. The van der Waals surface area contributed by atoms with Crippen LogP contribution in [-0.2, 0) is 4.74 Å². The number of fused-ring (bicyclic) bond motifs is 1. The first-order valence-electron chi connectivity index (χ1n) is 7.11. The van der Waals surface area contributed by atoms with Crippen molar-refractivity contribution in [3.63, 3.8) is 0 Å². The van der Waals surface area contributed by atoms with Gasteiger partial charge in [0.2, 0.25) is 0 Å². The fourth-order valence-electron chi connectivity index (χ4n) is 2.48. The molecule has 0 fully saturated rings. The predicted octanol–water partition coefficient (Wildman–Crippen LogP) is 4.51. The van der Waals surface area contributed by atoms with Crippen LogP contribution in [0.15, 0.2) is 40.8 Å². The highest BCUT2D eigenvalue weighted by atomic mass is 127. The van der Waals surface area contributed by atoms with E-state index in [4.69, 9.17) is 18.6 Å². The first kappa shape index (κ1) is 16.6. The van der Waals surface area contributed by atoms with Gasteiger partial charge < -0.3 is 18.6 Å². The number of halogens is 1. The molecule has 0 saturated carbocycles. The Hall–Kier alpha value is -2.22. The molecule has 0 unspecified atom stereocenters. The smallest absolute Gasteiger partial charge is 0.338 e. The summed E-state index contributed by atoms with van der Waals surface area (Å²) in [7, 11) is 4.53. The first-order valence-corrected chi connectivity index (χ1v) is 8.19. The van der Waals surface area contributed by atoms with Gasteiger partial charge in [0, 0.05) is 5.56 Å². The second kappa shape index (κ2) is 6.72. The highest BCUT2D eigenvalue weighted by molar-refractivity contribution is 14.1. The number of ether oxygens (including phenoxy) is 3. The third-order valence-electron chi connectivity index (χ3n) is 3.69. The van der Waals surface area contributed by atoms with Gasteiger partial charge in [0.1, 0.15) is 22.8 Å². The van der Waals surface area contributed by atoms with E-state index in [1.807, 2.05) is 24.3 Å². The Morgan fingerprint density at radius 1 is 1.04 bits per heavy atom. The van der Waals surface area contributed by atoms with Crippen molar-refractivity contribution in [2.24, 2.45) is 0 Å². The number of esters is 1. The fraction of sp³-hybridized carbons (Fsp3) is 0.167. The Balaban J connectivity index is 2.19. The molecule has 0 N–H and O–H groups in total. The zero-order valence-corrected chi connectivity index (χ0v) is 15.5. The summed E-state index contributed by atoms with van der Waals surface area (Å²) in [5, 5.41) is 0.830. The topological polar surface area (TPSA) is 57.9 Å². The highest BCUT2D eigenvalue weighted by Crippen LogP contribution is 2.40.